The Morgan fingerprint density at radius 1 is 1.18 bits per heavy atom. The van der Waals surface area contributed by atoms with E-state index in [0.717, 1.165) is 29.8 Å². The first-order valence-electron chi connectivity index (χ1n) is 12.8. The molecule has 1 heterocycles. The number of aliphatic imine (C=N–C) groups is 2. The van der Waals surface area contributed by atoms with Crippen LogP contribution in [-0.4, -0.2) is 66.7 Å². The van der Waals surface area contributed by atoms with Crippen LogP contribution in [0.4, 0.5) is 21.5 Å². The van der Waals surface area contributed by atoms with E-state index >= 15 is 4.39 Å². The number of anilines is 2. The molecule has 2 aliphatic rings. The minimum atomic E-state index is -0.759. The summed E-state index contributed by atoms with van der Waals surface area (Å²) in [4.78, 5) is 24.8. The molecule has 0 saturated carbocycles. The fourth-order valence-corrected chi connectivity index (χ4v) is 4.72. The van der Waals surface area contributed by atoms with Crippen LogP contribution >= 0.6 is 0 Å². The van der Waals surface area contributed by atoms with E-state index in [1.54, 1.807) is 32.2 Å². The van der Waals surface area contributed by atoms with Crippen LogP contribution in [0.25, 0.3) is 5.57 Å². The van der Waals surface area contributed by atoms with Crippen LogP contribution in [0.1, 0.15) is 19.4 Å². The summed E-state index contributed by atoms with van der Waals surface area (Å²) in [5, 5.41) is 12.9. The van der Waals surface area contributed by atoms with Crippen LogP contribution in [0.5, 0.6) is 0 Å². The maximum absolute atomic E-state index is 15.3. The molecule has 1 aliphatic heterocycles. The van der Waals surface area contributed by atoms with E-state index in [1.165, 1.54) is 12.1 Å². The van der Waals surface area contributed by atoms with Crippen LogP contribution in [0.15, 0.2) is 95.1 Å². The first-order chi connectivity index (χ1) is 18.7. The molecule has 0 unspecified atom stereocenters. The van der Waals surface area contributed by atoms with Crippen molar-refractivity contribution in [2.24, 2.45) is 9.98 Å². The Labute approximate surface area is 229 Å². The Morgan fingerprint density at radius 2 is 1.95 bits per heavy atom. The fourth-order valence-electron chi connectivity index (χ4n) is 4.72. The zero-order valence-corrected chi connectivity index (χ0v) is 22.4. The summed E-state index contributed by atoms with van der Waals surface area (Å²) in [6.07, 6.45) is 8.52. The molecule has 202 valence electrons. The molecule has 0 radical (unpaired) electrons. The number of carbonyl (C=O) groups excluding carboxylic acids is 1. The predicted molar refractivity (Wildman–Crippen MR) is 158 cm³/mol. The van der Waals surface area contributed by atoms with Crippen LogP contribution in [0.2, 0.25) is 0 Å². The molecule has 1 saturated heterocycles. The number of hydrogen-bond donors (Lipinski definition) is 2. The van der Waals surface area contributed by atoms with Gasteiger partial charge < -0.3 is 15.3 Å². The summed E-state index contributed by atoms with van der Waals surface area (Å²) in [7, 11) is 0. The third-order valence-corrected chi connectivity index (χ3v) is 6.42. The second-order valence-electron chi connectivity index (χ2n) is 10.2. The van der Waals surface area contributed by atoms with Crippen molar-refractivity contribution in [1.82, 2.24) is 4.90 Å². The lowest BCUT2D eigenvalue weighted by molar-refractivity contribution is -0.111. The van der Waals surface area contributed by atoms with E-state index in [4.69, 9.17) is 4.99 Å². The Balaban J connectivity index is 1.60. The standard InChI is InChI=1S/C31H34FN5O2/c1-5-29(38)34-24-10-6-8-22(18-24)26-11-7-9-23(20-33-4)30(26)35-25-12-13-28(27(32)19-25)37-16-14-36(15-17-37)21-31(2,3)39/h5-13,18-20,39H,1,4,14-17,21H2,2-3H3,(H,34,38)/b23-20-,35-30+. The minimum absolute atomic E-state index is 0.302. The molecule has 1 aliphatic carbocycles. The van der Waals surface area contributed by atoms with Crippen molar-refractivity contribution in [3.8, 4) is 0 Å². The minimum Gasteiger partial charge on any atom is -0.389 e. The van der Waals surface area contributed by atoms with Gasteiger partial charge in [-0.15, -0.1) is 0 Å². The Bertz CT molecular complexity index is 1380. The molecule has 0 bridgehead atoms. The zero-order valence-electron chi connectivity index (χ0n) is 22.4. The summed E-state index contributed by atoms with van der Waals surface area (Å²) in [6, 6.07) is 12.4. The van der Waals surface area contributed by atoms with Gasteiger partial charge in [0.25, 0.3) is 0 Å². The molecule has 1 fully saturated rings. The lowest BCUT2D eigenvalue weighted by Crippen LogP contribution is -2.50. The number of rotatable bonds is 8. The van der Waals surface area contributed by atoms with Gasteiger partial charge in [0, 0.05) is 61.8 Å². The van der Waals surface area contributed by atoms with Crippen molar-refractivity contribution in [3.63, 3.8) is 0 Å². The molecule has 8 heteroatoms. The fraction of sp³-hybridized carbons (Fsp3) is 0.258. The number of allylic oxidation sites excluding steroid dienone is 5. The van der Waals surface area contributed by atoms with E-state index in [0.29, 0.717) is 42.4 Å². The number of nitrogens with one attached hydrogen (secondary N) is 1. The van der Waals surface area contributed by atoms with Crippen molar-refractivity contribution < 1.29 is 14.3 Å². The van der Waals surface area contributed by atoms with Crippen LogP contribution in [0, 0.1) is 5.82 Å². The van der Waals surface area contributed by atoms with Crippen molar-refractivity contribution in [1.29, 1.82) is 0 Å². The molecule has 0 spiro atoms. The van der Waals surface area contributed by atoms with E-state index < -0.39 is 5.60 Å². The number of halogens is 1. The quantitative estimate of drug-likeness (QED) is 0.367. The van der Waals surface area contributed by atoms with Crippen molar-refractivity contribution in [2.45, 2.75) is 19.4 Å². The maximum Gasteiger partial charge on any atom is 0.247 e. The molecule has 0 atom stereocenters. The van der Waals surface area contributed by atoms with Gasteiger partial charge >= 0.3 is 0 Å². The number of β-amino-alcohol motifs (C(OH)–C–C–N with tert-alkyl or cyclic N) is 1. The average molecular weight is 528 g/mol. The van der Waals surface area contributed by atoms with Gasteiger partial charge in [-0.05, 0) is 56.5 Å². The molecule has 7 nitrogen and oxygen atoms in total. The lowest BCUT2D eigenvalue weighted by Gasteiger charge is -2.38. The number of piperazine rings is 1. The SMILES string of the molecule is C=CC(=O)Nc1cccc(C2=CC=CC(=C/N=C)/C2=N\c2ccc(N3CCN(CC(C)(C)O)CC3)c(F)c2)c1. The van der Waals surface area contributed by atoms with Crippen molar-refractivity contribution in [2.75, 3.05) is 42.9 Å². The molecule has 2 N–H and O–H groups in total. The van der Waals surface area contributed by atoms with Gasteiger partial charge in [-0.3, -0.25) is 14.7 Å². The smallest absolute Gasteiger partial charge is 0.247 e. The van der Waals surface area contributed by atoms with Gasteiger partial charge in [0.2, 0.25) is 5.91 Å². The Morgan fingerprint density at radius 3 is 2.62 bits per heavy atom. The van der Waals surface area contributed by atoms with Gasteiger partial charge in [-0.1, -0.05) is 36.9 Å². The third-order valence-electron chi connectivity index (χ3n) is 6.42. The zero-order chi connectivity index (χ0) is 28.0. The van der Waals surface area contributed by atoms with Gasteiger partial charge in [0.15, 0.2) is 0 Å². The van der Waals surface area contributed by atoms with E-state index in [-0.39, 0.29) is 11.7 Å². The molecule has 0 aromatic heterocycles. The first kappa shape index (κ1) is 27.9. The topological polar surface area (TPSA) is 80.5 Å². The van der Waals surface area contributed by atoms with Gasteiger partial charge in [0.1, 0.15) is 5.82 Å². The predicted octanol–water partition coefficient (Wildman–Crippen LogP) is 5.15. The summed E-state index contributed by atoms with van der Waals surface area (Å²) in [5.41, 5.74) is 3.85. The molecular formula is C31H34FN5O2. The van der Waals surface area contributed by atoms with Gasteiger partial charge in [-0.25, -0.2) is 9.38 Å². The Hall–Kier alpha value is -4.14. The van der Waals surface area contributed by atoms with Crippen molar-refractivity contribution in [3.05, 3.63) is 96.5 Å². The summed E-state index contributed by atoms with van der Waals surface area (Å²) < 4.78 is 15.3. The molecule has 4 rings (SSSR count). The van der Waals surface area contributed by atoms with Crippen LogP contribution < -0.4 is 10.2 Å². The number of amides is 1. The first-order valence-corrected chi connectivity index (χ1v) is 12.8. The van der Waals surface area contributed by atoms with Crippen LogP contribution in [-0.2, 0) is 4.79 Å². The highest BCUT2D eigenvalue weighted by molar-refractivity contribution is 6.34. The highest BCUT2D eigenvalue weighted by Gasteiger charge is 2.24. The van der Waals surface area contributed by atoms with E-state index in [1.807, 2.05) is 47.4 Å². The molecule has 1 amide bonds. The number of carbonyl (C=O) groups is 1. The number of benzene rings is 2. The monoisotopic (exact) mass is 527 g/mol. The largest absolute Gasteiger partial charge is 0.389 e. The lowest BCUT2D eigenvalue weighted by atomic mass is 9.91. The molecular weight excluding hydrogens is 493 g/mol. The van der Waals surface area contributed by atoms with Gasteiger partial charge in [0.05, 0.1) is 22.7 Å². The maximum atomic E-state index is 15.3. The second kappa shape index (κ2) is 12.1. The summed E-state index contributed by atoms with van der Waals surface area (Å²) in [5.74, 6) is -0.643. The van der Waals surface area contributed by atoms with E-state index in [9.17, 15) is 9.90 Å². The molecule has 2 aromatic rings. The van der Waals surface area contributed by atoms with E-state index in [2.05, 4.69) is 28.5 Å². The van der Waals surface area contributed by atoms with Crippen molar-refractivity contribution >= 4 is 41.0 Å². The number of nitrogens with zero attached hydrogens (tertiary/aromatic N) is 4. The summed E-state index contributed by atoms with van der Waals surface area (Å²) >= 11 is 0. The molecule has 39 heavy (non-hydrogen) atoms. The second-order valence-corrected chi connectivity index (χ2v) is 10.2. The molecule has 2 aromatic carbocycles. The Kier molecular flexibility index (Phi) is 8.69. The number of aliphatic hydroxyl groups is 1. The summed E-state index contributed by atoms with van der Waals surface area (Å²) in [6.45, 7) is 14.1. The number of hydrogen-bond acceptors (Lipinski definition) is 6. The van der Waals surface area contributed by atoms with Crippen LogP contribution in [0.3, 0.4) is 0 Å². The highest BCUT2D eigenvalue weighted by atomic mass is 19.1. The third kappa shape index (κ3) is 7.25. The normalized spacial score (nSPS) is 18.3. The van der Waals surface area contributed by atoms with Gasteiger partial charge in [-0.2, -0.15) is 0 Å². The average Bonchev–Trinajstić information content (AvgIpc) is 2.90. The highest BCUT2D eigenvalue weighted by Crippen LogP contribution is 2.31.